The van der Waals surface area contributed by atoms with Crippen molar-refractivity contribution in [1.29, 1.82) is 0 Å². The molecule has 0 bridgehead atoms. The van der Waals surface area contributed by atoms with Gasteiger partial charge < -0.3 is 10.4 Å². The highest BCUT2D eigenvalue weighted by atomic mass is 32.2. The van der Waals surface area contributed by atoms with E-state index in [1.165, 1.54) is 11.3 Å². The van der Waals surface area contributed by atoms with Gasteiger partial charge in [-0.15, -0.1) is 23.1 Å². The summed E-state index contributed by atoms with van der Waals surface area (Å²) in [4.78, 5) is 14.2. The molecule has 0 aliphatic carbocycles. The molecule has 1 heterocycles. The molecule has 1 aromatic carbocycles. The number of benzene rings is 1. The monoisotopic (exact) mass is 349 g/mol. The van der Waals surface area contributed by atoms with E-state index in [-0.39, 0.29) is 23.8 Å². The van der Waals surface area contributed by atoms with Crippen LogP contribution in [0, 0.1) is 5.41 Å². The van der Waals surface area contributed by atoms with Crippen molar-refractivity contribution in [2.45, 2.75) is 24.7 Å². The minimum Gasteiger partial charge on any atom is -0.396 e. The number of hydrogen-bond donors (Lipinski definition) is 2. The van der Waals surface area contributed by atoms with E-state index in [9.17, 15) is 9.90 Å². The molecule has 0 fully saturated rings. The molecule has 1 amide bonds. The summed E-state index contributed by atoms with van der Waals surface area (Å²) in [6, 6.07) is 12.0. The summed E-state index contributed by atoms with van der Waals surface area (Å²) < 4.78 is 0. The molecule has 1 atom stereocenters. The predicted octanol–water partition coefficient (Wildman–Crippen LogP) is 4.00. The molecule has 2 N–H and O–H groups in total. The third-order valence-electron chi connectivity index (χ3n) is 4.07. The Hall–Kier alpha value is -1.30. The van der Waals surface area contributed by atoms with E-state index in [0.29, 0.717) is 6.54 Å². The highest BCUT2D eigenvalue weighted by Gasteiger charge is 2.30. The number of rotatable bonds is 7. The highest BCUT2D eigenvalue weighted by molar-refractivity contribution is 7.98. The van der Waals surface area contributed by atoms with Gasteiger partial charge in [-0.3, -0.25) is 4.79 Å². The molecule has 5 heteroatoms. The van der Waals surface area contributed by atoms with Crippen molar-refractivity contribution in [3.63, 3.8) is 0 Å². The lowest BCUT2D eigenvalue weighted by Gasteiger charge is -2.33. The summed E-state index contributed by atoms with van der Waals surface area (Å²) in [5.41, 5.74) is 0.815. The predicted molar refractivity (Wildman–Crippen MR) is 98.5 cm³/mol. The van der Waals surface area contributed by atoms with Crippen LogP contribution in [0.4, 0.5) is 0 Å². The molecular formula is C18H23NO2S2. The first-order chi connectivity index (χ1) is 11.0. The van der Waals surface area contributed by atoms with Crippen molar-refractivity contribution in [3.05, 3.63) is 52.2 Å². The molecule has 124 valence electrons. The van der Waals surface area contributed by atoms with E-state index in [0.717, 1.165) is 15.3 Å². The first-order valence-corrected chi connectivity index (χ1v) is 9.65. The Balaban J connectivity index is 2.14. The highest BCUT2D eigenvalue weighted by Crippen LogP contribution is 2.35. The van der Waals surface area contributed by atoms with Crippen LogP contribution in [-0.4, -0.2) is 30.4 Å². The lowest BCUT2D eigenvalue weighted by molar-refractivity contribution is 0.0921. The second-order valence-electron chi connectivity index (χ2n) is 6.14. The Morgan fingerprint density at radius 1 is 1.30 bits per heavy atom. The molecule has 0 radical (unpaired) electrons. The van der Waals surface area contributed by atoms with Crippen molar-refractivity contribution in [2.24, 2.45) is 5.41 Å². The summed E-state index contributed by atoms with van der Waals surface area (Å²) in [5, 5.41) is 14.7. The van der Waals surface area contributed by atoms with Crippen molar-refractivity contribution < 1.29 is 9.90 Å². The molecule has 23 heavy (non-hydrogen) atoms. The maximum Gasteiger partial charge on any atom is 0.262 e. The molecule has 3 nitrogen and oxygen atoms in total. The van der Waals surface area contributed by atoms with Crippen LogP contribution in [0.3, 0.4) is 0 Å². The van der Waals surface area contributed by atoms with Gasteiger partial charge in [0.1, 0.15) is 4.88 Å². The third-order valence-corrected chi connectivity index (χ3v) is 5.90. The Labute approximate surface area is 146 Å². The van der Waals surface area contributed by atoms with Gasteiger partial charge in [0.15, 0.2) is 0 Å². The minimum atomic E-state index is -0.313. The van der Waals surface area contributed by atoms with Crippen LogP contribution >= 0.6 is 23.1 Å². The Morgan fingerprint density at radius 3 is 2.61 bits per heavy atom. The molecule has 1 aromatic heterocycles. The van der Waals surface area contributed by atoms with Gasteiger partial charge in [-0.2, -0.15) is 0 Å². The quantitative estimate of drug-likeness (QED) is 0.743. The van der Waals surface area contributed by atoms with Gasteiger partial charge in [0.25, 0.3) is 5.91 Å². The molecule has 0 aliphatic rings. The van der Waals surface area contributed by atoms with Crippen LogP contribution in [0.25, 0.3) is 0 Å². The SMILES string of the molecule is CSc1ccsc1C(=O)NC[C@H](c1ccccc1)C(C)(C)CO. The molecule has 0 saturated heterocycles. The van der Waals surface area contributed by atoms with Crippen LogP contribution in [0.2, 0.25) is 0 Å². The molecule has 0 saturated carbocycles. The first-order valence-electron chi connectivity index (χ1n) is 7.55. The normalized spacial score (nSPS) is 12.9. The van der Waals surface area contributed by atoms with Gasteiger partial charge in [-0.25, -0.2) is 0 Å². The van der Waals surface area contributed by atoms with Gasteiger partial charge in [-0.1, -0.05) is 44.2 Å². The molecule has 2 aromatic rings. The zero-order valence-electron chi connectivity index (χ0n) is 13.7. The summed E-state index contributed by atoms with van der Waals surface area (Å²) >= 11 is 3.04. The number of aliphatic hydroxyl groups excluding tert-OH is 1. The second-order valence-corrected chi connectivity index (χ2v) is 7.90. The van der Waals surface area contributed by atoms with Crippen LogP contribution in [-0.2, 0) is 0 Å². The van der Waals surface area contributed by atoms with E-state index in [1.54, 1.807) is 11.8 Å². The minimum absolute atomic E-state index is 0.0426. The van der Waals surface area contributed by atoms with Crippen LogP contribution < -0.4 is 5.32 Å². The van der Waals surface area contributed by atoms with E-state index in [2.05, 4.69) is 5.32 Å². The number of thioether (sulfide) groups is 1. The summed E-state index contributed by atoms with van der Waals surface area (Å²) in [6.07, 6.45) is 1.97. The fourth-order valence-corrected chi connectivity index (χ4v) is 4.21. The second kappa shape index (κ2) is 7.99. The number of carbonyl (C=O) groups excluding carboxylic acids is 1. The number of aliphatic hydroxyl groups is 1. The number of amides is 1. The third kappa shape index (κ3) is 4.37. The maximum atomic E-state index is 12.5. The summed E-state index contributed by atoms with van der Waals surface area (Å²) in [7, 11) is 0. The van der Waals surface area contributed by atoms with Crippen molar-refractivity contribution in [2.75, 3.05) is 19.4 Å². The van der Waals surface area contributed by atoms with Gasteiger partial charge >= 0.3 is 0 Å². The van der Waals surface area contributed by atoms with Crippen molar-refractivity contribution in [1.82, 2.24) is 5.32 Å². The average molecular weight is 350 g/mol. The van der Waals surface area contributed by atoms with Gasteiger partial charge in [-0.05, 0) is 28.7 Å². The average Bonchev–Trinajstić information content (AvgIpc) is 3.04. The van der Waals surface area contributed by atoms with Gasteiger partial charge in [0.05, 0.1) is 0 Å². The first kappa shape index (κ1) is 18.0. The Kier molecular flexibility index (Phi) is 6.27. The number of nitrogens with one attached hydrogen (secondary N) is 1. The van der Waals surface area contributed by atoms with Gasteiger partial charge in [0, 0.05) is 24.0 Å². The lowest BCUT2D eigenvalue weighted by atomic mass is 9.75. The fourth-order valence-electron chi connectivity index (χ4n) is 2.54. The zero-order valence-corrected chi connectivity index (χ0v) is 15.3. The molecule has 0 spiro atoms. The van der Waals surface area contributed by atoms with Gasteiger partial charge in [0.2, 0.25) is 0 Å². The zero-order chi connectivity index (χ0) is 16.9. The van der Waals surface area contributed by atoms with E-state index < -0.39 is 0 Å². The van der Waals surface area contributed by atoms with Crippen molar-refractivity contribution in [3.8, 4) is 0 Å². The summed E-state index contributed by atoms with van der Waals surface area (Å²) in [5.74, 6) is 0.00867. The summed E-state index contributed by atoms with van der Waals surface area (Å²) in [6.45, 7) is 4.62. The number of thiophene rings is 1. The van der Waals surface area contributed by atoms with Crippen molar-refractivity contribution >= 4 is 29.0 Å². The maximum absolute atomic E-state index is 12.5. The molecule has 2 rings (SSSR count). The van der Waals surface area contributed by atoms with E-state index >= 15 is 0 Å². The smallest absolute Gasteiger partial charge is 0.262 e. The standard InChI is InChI=1S/C18H23NO2S2/c1-18(2,12-20)14(13-7-5-4-6-8-13)11-19-17(21)16-15(22-3)9-10-23-16/h4-10,14,20H,11-12H2,1-3H3,(H,19,21)/t14-/m1/s1. The number of hydrogen-bond acceptors (Lipinski definition) is 4. The fraction of sp³-hybridized carbons (Fsp3) is 0.389. The van der Waals surface area contributed by atoms with Crippen LogP contribution in [0.5, 0.6) is 0 Å². The Morgan fingerprint density at radius 2 is 2.00 bits per heavy atom. The molecule has 0 aliphatic heterocycles. The van der Waals surface area contributed by atoms with E-state index in [1.807, 2.05) is 61.9 Å². The van der Waals surface area contributed by atoms with E-state index in [4.69, 9.17) is 0 Å². The largest absolute Gasteiger partial charge is 0.396 e. The molecular weight excluding hydrogens is 326 g/mol. The Bertz CT molecular complexity index is 637. The van der Waals surface area contributed by atoms with Crippen LogP contribution in [0.1, 0.15) is 35.0 Å². The molecule has 0 unspecified atom stereocenters. The lowest BCUT2D eigenvalue weighted by Crippen LogP contribution is -2.36. The van der Waals surface area contributed by atoms with Crippen LogP contribution in [0.15, 0.2) is 46.7 Å². The topological polar surface area (TPSA) is 49.3 Å². The number of carbonyl (C=O) groups is 1.